The fourth-order valence-corrected chi connectivity index (χ4v) is 1.73. The molecular formula is C8H15N3O3. The number of rotatable bonds is 2. The summed E-state index contributed by atoms with van der Waals surface area (Å²) in [5.74, 6) is -0.543. The van der Waals surface area contributed by atoms with E-state index < -0.39 is 12.0 Å². The molecule has 80 valence electrons. The van der Waals surface area contributed by atoms with E-state index in [0.717, 1.165) is 11.4 Å². The van der Waals surface area contributed by atoms with Crippen LogP contribution in [0.15, 0.2) is 0 Å². The molecule has 1 rings (SSSR count). The maximum absolute atomic E-state index is 11.3. The van der Waals surface area contributed by atoms with E-state index in [0.29, 0.717) is 6.42 Å². The highest BCUT2D eigenvalue weighted by atomic mass is 16.4. The first-order valence-electron chi connectivity index (χ1n) is 4.56. The van der Waals surface area contributed by atoms with Gasteiger partial charge in [0.05, 0.1) is 12.6 Å². The van der Waals surface area contributed by atoms with Gasteiger partial charge in [0, 0.05) is 6.04 Å². The number of nitrogens with two attached hydrogens (primary N) is 1. The summed E-state index contributed by atoms with van der Waals surface area (Å²) in [7, 11) is 0. The van der Waals surface area contributed by atoms with Crippen molar-refractivity contribution in [2.24, 2.45) is 5.73 Å². The summed E-state index contributed by atoms with van der Waals surface area (Å²) < 4.78 is 0. The van der Waals surface area contributed by atoms with Crippen molar-refractivity contribution in [3.63, 3.8) is 0 Å². The van der Waals surface area contributed by atoms with E-state index in [-0.39, 0.29) is 18.6 Å². The molecule has 6 nitrogen and oxygen atoms in total. The Morgan fingerprint density at radius 2 is 2.29 bits per heavy atom. The van der Waals surface area contributed by atoms with Gasteiger partial charge in [-0.2, -0.15) is 0 Å². The summed E-state index contributed by atoms with van der Waals surface area (Å²) in [6, 6.07) is -0.287. The maximum Gasteiger partial charge on any atom is 0.414 e. The highest BCUT2D eigenvalue weighted by Crippen LogP contribution is 2.14. The number of hydrogen-bond acceptors (Lipinski definition) is 4. The Bertz CT molecular complexity index is 244. The number of carboxylic acid groups (broad SMARTS) is 1. The number of carbonyl (C=O) groups is 2. The first kappa shape index (κ1) is 10.9. The first-order chi connectivity index (χ1) is 6.57. The molecule has 0 aromatic heterocycles. The van der Waals surface area contributed by atoms with Crippen LogP contribution < -0.4 is 11.1 Å². The zero-order valence-corrected chi connectivity index (χ0v) is 8.06. The van der Waals surface area contributed by atoms with Crippen molar-refractivity contribution >= 4 is 12.0 Å². The quantitative estimate of drug-likeness (QED) is 0.543. The maximum atomic E-state index is 11.3. The molecule has 1 fully saturated rings. The molecule has 0 aromatic rings. The Morgan fingerprint density at radius 3 is 2.64 bits per heavy atom. The minimum atomic E-state index is -1.22. The number of carbonyl (C=O) groups excluding carboxylic acids is 1. The van der Waals surface area contributed by atoms with Crippen molar-refractivity contribution in [1.29, 1.82) is 0 Å². The predicted octanol–water partition coefficient (Wildman–Crippen LogP) is -0.798. The minimum Gasteiger partial charge on any atom is -0.465 e. The van der Waals surface area contributed by atoms with Crippen LogP contribution in [0.1, 0.15) is 13.3 Å². The third-order valence-electron chi connectivity index (χ3n) is 2.46. The number of amides is 2. The van der Waals surface area contributed by atoms with E-state index >= 15 is 0 Å². The molecule has 0 unspecified atom stereocenters. The van der Waals surface area contributed by atoms with Gasteiger partial charge in [-0.05, 0) is 19.9 Å². The van der Waals surface area contributed by atoms with Gasteiger partial charge in [-0.1, -0.05) is 0 Å². The number of imide groups is 1. The normalized spacial score (nSPS) is 26.1. The second kappa shape index (κ2) is 4.39. The highest BCUT2D eigenvalue weighted by molar-refractivity contribution is 5.92. The molecule has 1 saturated heterocycles. The Labute approximate surface area is 82.1 Å². The smallest absolute Gasteiger partial charge is 0.414 e. The monoisotopic (exact) mass is 201 g/mol. The van der Waals surface area contributed by atoms with Crippen LogP contribution in [0.5, 0.6) is 0 Å². The number of hydrogen-bond donors (Lipinski definition) is 3. The van der Waals surface area contributed by atoms with Gasteiger partial charge in [-0.15, -0.1) is 0 Å². The van der Waals surface area contributed by atoms with Crippen molar-refractivity contribution in [2.75, 3.05) is 13.1 Å². The molecule has 0 bridgehead atoms. The van der Waals surface area contributed by atoms with Crippen LogP contribution in [0.4, 0.5) is 4.79 Å². The first-order valence-corrected chi connectivity index (χ1v) is 4.56. The molecule has 0 spiro atoms. The lowest BCUT2D eigenvalue weighted by molar-refractivity contribution is -0.129. The van der Waals surface area contributed by atoms with Gasteiger partial charge in [-0.3, -0.25) is 4.79 Å². The van der Waals surface area contributed by atoms with E-state index in [9.17, 15) is 9.59 Å². The summed E-state index contributed by atoms with van der Waals surface area (Å²) in [6.07, 6.45) is -0.569. The van der Waals surface area contributed by atoms with Gasteiger partial charge in [0.25, 0.3) is 0 Å². The molecule has 1 heterocycles. The SMILES string of the molecule is C[C@@H]1NCC[C@H]1N(C(=O)O)C(=O)CN. The number of nitrogens with zero attached hydrogens (tertiary/aromatic N) is 1. The van der Waals surface area contributed by atoms with Gasteiger partial charge in [0.1, 0.15) is 0 Å². The van der Waals surface area contributed by atoms with E-state index in [1.165, 1.54) is 0 Å². The zero-order chi connectivity index (χ0) is 10.7. The van der Waals surface area contributed by atoms with Crippen molar-refractivity contribution in [1.82, 2.24) is 10.2 Å². The van der Waals surface area contributed by atoms with Gasteiger partial charge >= 0.3 is 6.09 Å². The van der Waals surface area contributed by atoms with Crippen LogP contribution in [-0.2, 0) is 4.79 Å². The van der Waals surface area contributed by atoms with Gasteiger partial charge in [0.2, 0.25) is 5.91 Å². The van der Waals surface area contributed by atoms with Gasteiger partial charge < -0.3 is 16.2 Å². The molecule has 2 atom stereocenters. The fraction of sp³-hybridized carbons (Fsp3) is 0.750. The third-order valence-corrected chi connectivity index (χ3v) is 2.46. The van der Waals surface area contributed by atoms with E-state index in [1.54, 1.807) is 0 Å². The number of nitrogens with one attached hydrogen (secondary N) is 1. The summed E-state index contributed by atoms with van der Waals surface area (Å²) in [4.78, 5) is 23.0. The second-order valence-electron chi connectivity index (χ2n) is 3.35. The lowest BCUT2D eigenvalue weighted by Crippen LogP contribution is -2.50. The van der Waals surface area contributed by atoms with Crippen LogP contribution in [0.2, 0.25) is 0 Å². The second-order valence-corrected chi connectivity index (χ2v) is 3.35. The summed E-state index contributed by atoms with van der Waals surface area (Å²) in [5.41, 5.74) is 5.15. The van der Waals surface area contributed by atoms with Crippen molar-refractivity contribution < 1.29 is 14.7 Å². The summed E-state index contributed by atoms with van der Waals surface area (Å²) in [5, 5.41) is 12.0. The largest absolute Gasteiger partial charge is 0.465 e. The van der Waals surface area contributed by atoms with Crippen LogP contribution in [-0.4, -0.2) is 47.2 Å². The van der Waals surface area contributed by atoms with E-state index in [1.807, 2.05) is 6.92 Å². The van der Waals surface area contributed by atoms with E-state index in [2.05, 4.69) is 5.32 Å². The Balaban J connectivity index is 2.76. The Kier molecular flexibility index (Phi) is 3.43. The molecule has 1 aliphatic heterocycles. The van der Waals surface area contributed by atoms with Crippen LogP contribution in [0.25, 0.3) is 0 Å². The molecular weight excluding hydrogens is 186 g/mol. The van der Waals surface area contributed by atoms with Crippen LogP contribution in [0, 0.1) is 0 Å². The molecule has 0 aromatic carbocycles. The van der Waals surface area contributed by atoms with E-state index in [4.69, 9.17) is 10.8 Å². The molecule has 1 aliphatic rings. The zero-order valence-electron chi connectivity index (χ0n) is 8.06. The molecule has 2 amide bonds. The molecule has 0 radical (unpaired) electrons. The lowest BCUT2D eigenvalue weighted by atomic mass is 10.1. The third kappa shape index (κ3) is 2.02. The lowest BCUT2D eigenvalue weighted by Gasteiger charge is -2.26. The predicted molar refractivity (Wildman–Crippen MR) is 49.8 cm³/mol. The van der Waals surface area contributed by atoms with Gasteiger partial charge in [-0.25, -0.2) is 9.69 Å². The van der Waals surface area contributed by atoms with Crippen molar-refractivity contribution in [3.05, 3.63) is 0 Å². The minimum absolute atomic E-state index is 0.00148. The molecule has 0 aliphatic carbocycles. The molecule has 0 saturated carbocycles. The summed E-state index contributed by atoms with van der Waals surface area (Å²) >= 11 is 0. The average molecular weight is 201 g/mol. The Morgan fingerprint density at radius 1 is 1.64 bits per heavy atom. The molecule has 14 heavy (non-hydrogen) atoms. The standard InChI is InChI=1S/C8H15N3O3/c1-5-6(2-3-10-5)11(8(13)14)7(12)4-9/h5-6,10H,2-4,9H2,1H3,(H,13,14)/t5-,6+/m0/s1. The molecule has 4 N–H and O–H groups in total. The highest BCUT2D eigenvalue weighted by Gasteiger charge is 2.35. The average Bonchev–Trinajstić information content (AvgIpc) is 2.52. The van der Waals surface area contributed by atoms with Gasteiger partial charge in [0.15, 0.2) is 0 Å². The Hall–Kier alpha value is -1.14. The van der Waals surface area contributed by atoms with Crippen LogP contribution in [0.3, 0.4) is 0 Å². The van der Waals surface area contributed by atoms with Crippen molar-refractivity contribution in [2.45, 2.75) is 25.4 Å². The summed E-state index contributed by atoms with van der Waals surface area (Å²) in [6.45, 7) is 2.32. The topological polar surface area (TPSA) is 95.7 Å². The fourth-order valence-electron chi connectivity index (χ4n) is 1.73. The van der Waals surface area contributed by atoms with Crippen molar-refractivity contribution in [3.8, 4) is 0 Å². The van der Waals surface area contributed by atoms with Crippen LogP contribution >= 0.6 is 0 Å². The molecule has 6 heteroatoms.